The lowest BCUT2D eigenvalue weighted by Crippen LogP contribution is -2.30. The Labute approximate surface area is 168 Å². The highest BCUT2D eigenvalue weighted by atomic mass is 79.9. The number of halogens is 1. The molecule has 0 bridgehead atoms. The Morgan fingerprint density at radius 2 is 1.79 bits per heavy atom. The summed E-state index contributed by atoms with van der Waals surface area (Å²) in [6.45, 7) is 0. The van der Waals surface area contributed by atoms with Crippen LogP contribution in [0.5, 0.6) is 0 Å². The Balaban J connectivity index is 1.89. The SMILES string of the molecule is CN(c1ccccc1)c1ncnc(NNC(=O)c2ccccc2Br)c1[N+](=O)[O-]. The molecule has 0 fully saturated rings. The van der Waals surface area contributed by atoms with Crippen LogP contribution in [-0.4, -0.2) is 27.8 Å². The summed E-state index contributed by atoms with van der Waals surface area (Å²) < 4.78 is 0.594. The lowest BCUT2D eigenvalue weighted by molar-refractivity contribution is -0.383. The van der Waals surface area contributed by atoms with E-state index in [0.29, 0.717) is 15.7 Å². The van der Waals surface area contributed by atoms with Crippen LogP contribution < -0.4 is 15.8 Å². The average molecular weight is 443 g/mol. The van der Waals surface area contributed by atoms with E-state index in [1.165, 1.54) is 6.33 Å². The van der Waals surface area contributed by atoms with Gasteiger partial charge < -0.3 is 4.90 Å². The molecule has 1 aromatic heterocycles. The molecule has 3 rings (SSSR count). The van der Waals surface area contributed by atoms with Gasteiger partial charge in [-0.15, -0.1) is 0 Å². The first-order valence-electron chi connectivity index (χ1n) is 8.08. The maximum absolute atomic E-state index is 12.3. The highest BCUT2D eigenvalue weighted by Crippen LogP contribution is 2.34. The van der Waals surface area contributed by atoms with Crippen LogP contribution in [0.3, 0.4) is 0 Å². The molecule has 0 atom stereocenters. The maximum Gasteiger partial charge on any atom is 0.355 e. The van der Waals surface area contributed by atoms with Crippen molar-refractivity contribution in [3.05, 3.63) is 81.1 Å². The molecule has 142 valence electrons. The van der Waals surface area contributed by atoms with E-state index in [1.54, 1.807) is 48.3 Å². The summed E-state index contributed by atoms with van der Waals surface area (Å²) in [4.78, 5) is 33.0. The summed E-state index contributed by atoms with van der Waals surface area (Å²) in [7, 11) is 1.66. The molecule has 9 nitrogen and oxygen atoms in total. The summed E-state index contributed by atoms with van der Waals surface area (Å²) in [5.74, 6) is -0.514. The summed E-state index contributed by atoms with van der Waals surface area (Å²) in [6, 6.07) is 15.9. The molecule has 0 radical (unpaired) electrons. The number of aromatic nitrogens is 2. The topological polar surface area (TPSA) is 113 Å². The van der Waals surface area contributed by atoms with Crippen molar-refractivity contribution in [1.82, 2.24) is 15.4 Å². The zero-order valence-corrected chi connectivity index (χ0v) is 16.3. The molecule has 10 heteroatoms. The monoisotopic (exact) mass is 442 g/mol. The van der Waals surface area contributed by atoms with Crippen LogP contribution in [0.15, 0.2) is 65.4 Å². The Morgan fingerprint density at radius 1 is 1.11 bits per heavy atom. The fraction of sp³-hybridized carbons (Fsp3) is 0.0556. The minimum absolute atomic E-state index is 0.0869. The number of benzene rings is 2. The summed E-state index contributed by atoms with van der Waals surface area (Å²) >= 11 is 3.29. The van der Waals surface area contributed by atoms with Gasteiger partial charge in [-0.25, -0.2) is 9.97 Å². The third kappa shape index (κ3) is 4.07. The van der Waals surface area contributed by atoms with E-state index in [0.717, 1.165) is 0 Å². The molecule has 0 saturated carbocycles. The smallest absolute Gasteiger partial charge is 0.324 e. The van der Waals surface area contributed by atoms with E-state index in [9.17, 15) is 14.9 Å². The van der Waals surface area contributed by atoms with E-state index >= 15 is 0 Å². The standard InChI is InChI=1S/C18H15BrN6O3/c1-24(12-7-3-2-4-8-12)17-15(25(27)28)16(20-11-21-17)22-23-18(26)13-9-5-6-10-14(13)19/h2-11H,1H3,(H,23,26)(H,20,21,22). The fourth-order valence-electron chi connectivity index (χ4n) is 2.48. The van der Waals surface area contributed by atoms with E-state index in [1.807, 2.05) is 18.2 Å². The average Bonchev–Trinajstić information content (AvgIpc) is 2.72. The molecule has 0 aliphatic heterocycles. The molecular weight excluding hydrogens is 428 g/mol. The van der Waals surface area contributed by atoms with E-state index in [-0.39, 0.29) is 17.3 Å². The molecule has 1 heterocycles. The molecular formula is C18H15BrN6O3. The number of amides is 1. The van der Waals surface area contributed by atoms with Gasteiger partial charge >= 0.3 is 5.69 Å². The Morgan fingerprint density at radius 3 is 2.46 bits per heavy atom. The number of para-hydroxylation sites is 1. The third-order valence-corrected chi connectivity index (χ3v) is 4.55. The van der Waals surface area contributed by atoms with Gasteiger partial charge in [0.25, 0.3) is 5.91 Å². The number of carbonyl (C=O) groups excluding carboxylic acids is 1. The number of hydrazine groups is 1. The van der Waals surface area contributed by atoms with E-state index in [4.69, 9.17) is 0 Å². The number of hydrogen-bond acceptors (Lipinski definition) is 7. The maximum atomic E-state index is 12.3. The second-order valence-corrected chi connectivity index (χ2v) is 6.46. The molecule has 1 amide bonds. The van der Waals surface area contributed by atoms with Gasteiger partial charge in [-0.3, -0.25) is 25.8 Å². The van der Waals surface area contributed by atoms with Crippen molar-refractivity contribution in [2.75, 3.05) is 17.4 Å². The molecule has 2 aromatic carbocycles. The van der Waals surface area contributed by atoms with Gasteiger partial charge in [0.15, 0.2) is 0 Å². The van der Waals surface area contributed by atoms with Crippen LogP contribution in [0.2, 0.25) is 0 Å². The van der Waals surface area contributed by atoms with Crippen molar-refractivity contribution >= 4 is 44.8 Å². The van der Waals surface area contributed by atoms with Gasteiger partial charge in [0.05, 0.1) is 10.5 Å². The summed E-state index contributed by atoms with van der Waals surface area (Å²) in [6.07, 6.45) is 1.19. The fourth-order valence-corrected chi connectivity index (χ4v) is 2.94. The van der Waals surface area contributed by atoms with Crippen molar-refractivity contribution in [1.29, 1.82) is 0 Å². The second-order valence-electron chi connectivity index (χ2n) is 5.61. The largest absolute Gasteiger partial charge is 0.355 e. The molecule has 0 spiro atoms. The van der Waals surface area contributed by atoms with Crippen LogP contribution in [0, 0.1) is 10.1 Å². The molecule has 0 unspecified atom stereocenters. The van der Waals surface area contributed by atoms with Gasteiger partial charge in [0, 0.05) is 17.2 Å². The predicted molar refractivity (Wildman–Crippen MR) is 108 cm³/mol. The van der Waals surface area contributed by atoms with Gasteiger partial charge in [0.2, 0.25) is 11.6 Å². The van der Waals surface area contributed by atoms with Gasteiger partial charge in [0.1, 0.15) is 6.33 Å². The lowest BCUT2D eigenvalue weighted by Gasteiger charge is -2.19. The van der Waals surface area contributed by atoms with E-state index < -0.39 is 10.8 Å². The Hall–Kier alpha value is -3.53. The Kier molecular flexibility index (Phi) is 5.80. The minimum Gasteiger partial charge on any atom is -0.324 e. The van der Waals surface area contributed by atoms with Crippen LogP contribution in [0.4, 0.5) is 23.0 Å². The van der Waals surface area contributed by atoms with Gasteiger partial charge in [-0.05, 0) is 40.2 Å². The normalized spacial score (nSPS) is 10.2. The van der Waals surface area contributed by atoms with Gasteiger partial charge in [-0.2, -0.15) is 0 Å². The van der Waals surface area contributed by atoms with Crippen molar-refractivity contribution in [3.63, 3.8) is 0 Å². The van der Waals surface area contributed by atoms with E-state index in [2.05, 4.69) is 36.7 Å². The van der Waals surface area contributed by atoms with Crippen LogP contribution >= 0.6 is 15.9 Å². The summed E-state index contributed by atoms with van der Waals surface area (Å²) in [5.41, 5.74) is 5.68. The molecule has 0 aliphatic rings. The first-order chi connectivity index (χ1) is 13.5. The first kappa shape index (κ1) is 19.2. The Bertz CT molecular complexity index is 1020. The molecule has 0 saturated heterocycles. The van der Waals surface area contributed by atoms with Crippen LogP contribution in [0.25, 0.3) is 0 Å². The van der Waals surface area contributed by atoms with Gasteiger partial charge in [-0.1, -0.05) is 30.3 Å². The predicted octanol–water partition coefficient (Wildman–Crippen LogP) is 3.67. The summed E-state index contributed by atoms with van der Waals surface area (Å²) in [5, 5.41) is 11.7. The lowest BCUT2D eigenvalue weighted by atomic mass is 10.2. The number of nitrogens with zero attached hydrogens (tertiary/aromatic N) is 4. The quantitative estimate of drug-likeness (QED) is 0.442. The van der Waals surface area contributed by atoms with Crippen molar-refractivity contribution < 1.29 is 9.72 Å². The second kappa shape index (κ2) is 8.44. The number of hydrogen-bond donors (Lipinski definition) is 2. The van der Waals surface area contributed by atoms with Crippen molar-refractivity contribution in [2.45, 2.75) is 0 Å². The first-order valence-corrected chi connectivity index (χ1v) is 8.87. The highest BCUT2D eigenvalue weighted by molar-refractivity contribution is 9.10. The number of nitro groups is 1. The molecule has 3 aromatic rings. The molecule has 2 N–H and O–H groups in total. The van der Waals surface area contributed by atoms with Crippen LogP contribution in [0.1, 0.15) is 10.4 Å². The number of anilines is 3. The molecule has 28 heavy (non-hydrogen) atoms. The van der Waals surface area contributed by atoms with Crippen molar-refractivity contribution in [3.8, 4) is 0 Å². The zero-order valence-electron chi connectivity index (χ0n) is 14.7. The highest BCUT2D eigenvalue weighted by Gasteiger charge is 2.26. The number of carbonyl (C=O) groups is 1. The third-order valence-electron chi connectivity index (χ3n) is 3.86. The van der Waals surface area contributed by atoms with Crippen LogP contribution in [-0.2, 0) is 0 Å². The zero-order chi connectivity index (χ0) is 20.1. The minimum atomic E-state index is -0.596. The number of nitrogens with one attached hydrogen (secondary N) is 2. The molecule has 0 aliphatic carbocycles. The van der Waals surface area contributed by atoms with Crippen molar-refractivity contribution in [2.24, 2.45) is 0 Å². The number of rotatable bonds is 6.